The Morgan fingerprint density at radius 1 is 1.10 bits per heavy atom. The SMILES string of the molecule is Cn1c(-c2cn3ccnc3n2C)[n+](C)c2ccccc21. The zero-order valence-corrected chi connectivity index (χ0v) is 11.8. The van der Waals surface area contributed by atoms with Crippen LogP contribution in [0.3, 0.4) is 0 Å². The molecule has 100 valence electrons. The van der Waals surface area contributed by atoms with Crippen molar-refractivity contribution in [1.29, 1.82) is 0 Å². The van der Waals surface area contributed by atoms with Gasteiger partial charge in [0.25, 0.3) is 0 Å². The Hall–Kier alpha value is -2.56. The number of aromatic nitrogens is 5. The van der Waals surface area contributed by atoms with Crippen molar-refractivity contribution in [2.45, 2.75) is 0 Å². The topological polar surface area (TPSA) is 31.0 Å². The first kappa shape index (κ1) is 11.3. The minimum Gasteiger partial charge on any atom is -0.306 e. The summed E-state index contributed by atoms with van der Waals surface area (Å²) in [6, 6.07) is 8.44. The monoisotopic (exact) mass is 266 g/mol. The van der Waals surface area contributed by atoms with Crippen LogP contribution in [0.4, 0.5) is 0 Å². The van der Waals surface area contributed by atoms with E-state index in [9.17, 15) is 0 Å². The highest BCUT2D eigenvalue weighted by Crippen LogP contribution is 2.23. The summed E-state index contributed by atoms with van der Waals surface area (Å²) in [5.41, 5.74) is 3.60. The highest BCUT2D eigenvalue weighted by Gasteiger charge is 2.24. The van der Waals surface area contributed by atoms with Crippen LogP contribution in [0.25, 0.3) is 28.3 Å². The van der Waals surface area contributed by atoms with Gasteiger partial charge in [-0.25, -0.2) is 14.1 Å². The number of nitrogens with zero attached hydrogens (tertiary/aromatic N) is 5. The van der Waals surface area contributed by atoms with E-state index in [1.165, 1.54) is 16.9 Å². The van der Waals surface area contributed by atoms with Crippen molar-refractivity contribution in [2.75, 3.05) is 0 Å². The summed E-state index contributed by atoms with van der Waals surface area (Å²) in [6.45, 7) is 0. The molecule has 20 heavy (non-hydrogen) atoms. The molecule has 0 bridgehead atoms. The number of benzene rings is 1. The van der Waals surface area contributed by atoms with Gasteiger partial charge < -0.3 is 4.57 Å². The van der Waals surface area contributed by atoms with Crippen molar-refractivity contribution >= 4 is 16.8 Å². The molecule has 0 N–H and O–H groups in total. The Bertz CT molecular complexity index is 899. The predicted molar refractivity (Wildman–Crippen MR) is 77.3 cm³/mol. The van der Waals surface area contributed by atoms with Crippen LogP contribution >= 0.6 is 0 Å². The van der Waals surface area contributed by atoms with Gasteiger partial charge in [0.05, 0.1) is 14.1 Å². The lowest BCUT2D eigenvalue weighted by Gasteiger charge is -1.99. The Kier molecular flexibility index (Phi) is 2.10. The summed E-state index contributed by atoms with van der Waals surface area (Å²) in [6.07, 6.45) is 5.92. The second-order valence-electron chi connectivity index (χ2n) is 5.14. The Morgan fingerprint density at radius 3 is 2.65 bits per heavy atom. The number of hydrogen-bond donors (Lipinski definition) is 0. The van der Waals surface area contributed by atoms with E-state index >= 15 is 0 Å². The zero-order chi connectivity index (χ0) is 13.9. The molecule has 4 aromatic rings. The van der Waals surface area contributed by atoms with Gasteiger partial charge in [-0.15, -0.1) is 0 Å². The first-order chi connectivity index (χ1) is 9.68. The van der Waals surface area contributed by atoms with E-state index in [-0.39, 0.29) is 0 Å². The first-order valence-electron chi connectivity index (χ1n) is 6.60. The molecule has 3 aromatic heterocycles. The predicted octanol–water partition coefficient (Wildman–Crippen LogP) is 1.66. The fourth-order valence-electron chi connectivity index (χ4n) is 3.03. The zero-order valence-electron chi connectivity index (χ0n) is 11.8. The molecule has 0 aliphatic carbocycles. The molecule has 0 fully saturated rings. The lowest BCUT2D eigenvalue weighted by atomic mass is 10.3. The molecule has 0 saturated carbocycles. The van der Waals surface area contributed by atoms with Gasteiger partial charge in [0, 0.05) is 25.6 Å². The number of imidazole rings is 3. The largest absolute Gasteiger partial charge is 0.307 e. The fourth-order valence-corrected chi connectivity index (χ4v) is 3.03. The lowest BCUT2D eigenvalue weighted by molar-refractivity contribution is -0.634. The van der Waals surface area contributed by atoms with Gasteiger partial charge >= 0.3 is 5.82 Å². The van der Waals surface area contributed by atoms with Crippen molar-refractivity contribution in [3.05, 3.63) is 42.9 Å². The smallest absolute Gasteiger partial charge is 0.306 e. The minimum atomic E-state index is 0.949. The van der Waals surface area contributed by atoms with Crippen LogP contribution in [0.5, 0.6) is 0 Å². The van der Waals surface area contributed by atoms with Crippen molar-refractivity contribution in [3.63, 3.8) is 0 Å². The Balaban J connectivity index is 2.11. The van der Waals surface area contributed by atoms with Gasteiger partial charge in [0.1, 0.15) is 0 Å². The van der Waals surface area contributed by atoms with E-state index in [4.69, 9.17) is 0 Å². The number of hydrogen-bond acceptors (Lipinski definition) is 1. The first-order valence-corrected chi connectivity index (χ1v) is 6.60. The molecular weight excluding hydrogens is 250 g/mol. The summed E-state index contributed by atoms with van der Waals surface area (Å²) in [5.74, 6) is 2.12. The molecule has 0 saturated heterocycles. The van der Waals surface area contributed by atoms with E-state index in [1.54, 1.807) is 0 Å². The van der Waals surface area contributed by atoms with E-state index < -0.39 is 0 Å². The molecule has 3 heterocycles. The molecule has 0 aliphatic heterocycles. The quantitative estimate of drug-likeness (QED) is 0.482. The normalized spacial score (nSPS) is 11.8. The highest BCUT2D eigenvalue weighted by molar-refractivity contribution is 5.75. The van der Waals surface area contributed by atoms with Crippen molar-refractivity contribution < 1.29 is 4.57 Å². The number of para-hydroxylation sites is 2. The van der Waals surface area contributed by atoms with E-state index in [0.717, 1.165) is 11.5 Å². The van der Waals surface area contributed by atoms with Gasteiger partial charge in [0.15, 0.2) is 16.7 Å². The summed E-state index contributed by atoms with van der Waals surface area (Å²) in [5, 5.41) is 0. The average Bonchev–Trinajstić information content (AvgIpc) is 3.09. The van der Waals surface area contributed by atoms with Crippen LogP contribution in [-0.2, 0) is 21.1 Å². The Labute approximate surface area is 116 Å². The van der Waals surface area contributed by atoms with Crippen LogP contribution in [0.1, 0.15) is 0 Å². The fraction of sp³-hybridized carbons (Fsp3) is 0.200. The maximum atomic E-state index is 4.39. The second-order valence-corrected chi connectivity index (χ2v) is 5.14. The average molecular weight is 266 g/mol. The van der Waals surface area contributed by atoms with Gasteiger partial charge in [-0.1, -0.05) is 12.1 Å². The summed E-state index contributed by atoms with van der Waals surface area (Å²) in [7, 11) is 6.26. The third kappa shape index (κ3) is 1.27. The molecule has 5 nitrogen and oxygen atoms in total. The molecule has 5 heteroatoms. The van der Waals surface area contributed by atoms with E-state index in [1.807, 2.05) is 16.8 Å². The lowest BCUT2D eigenvalue weighted by Crippen LogP contribution is -2.30. The third-order valence-electron chi connectivity index (χ3n) is 4.04. The van der Waals surface area contributed by atoms with Crippen molar-refractivity contribution in [2.24, 2.45) is 21.1 Å². The molecule has 0 atom stereocenters. The second kappa shape index (κ2) is 3.72. The van der Waals surface area contributed by atoms with Gasteiger partial charge in [0.2, 0.25) is 5.78 Å². The van der Waals surface area contributed by atoms with Crippen molar-refractivity contribution in [1.82, 2.24) is 18.5 Å². The van der Waals surface area contributed by atoms with Gasteiger partial charge in [-0.05, 0) is 12.1 Å². The maximum Gasteiger partial charge on any atom is 0.307 e. The summed E-state index contributed by atoms with van der Waals surface area (Å²) in [4.78, 5) is 4.39. The maximum absolute atomic E-state index is 4.39. The molecular formula is C15H16N5+. The molecule has 0 aliphatic rings. The molecule has 4 rings (SSSR count). The van der Waals surface area contributed by atoms with Gasteiger partial charge in [-0.2, -0.15) is 0 Å². The Morgan fingerprint density at radius 2 is 1.90 bits per heavy atom. The summed E-state index contributed by atoms with van der Waals surface area (Å²) < 4.78 is 8.62. The van der Waals surface area contributed by atoms with E-state index in [2.05, 4.69) is 70.3 Å². The molecule has 0 amide bonds. The molecule has 0 unspecified atom stereocenters. The van der Waals surface area contributed by atoms with Crippen LogP contribution in [0, 0.1) is 0 Å². The van der Waals surface area contributed by atoms with Crippen LogP contribution in [-0.4, -0.2) is 18.5 Å². The van der Waals surface area contributed by atoms with Crippen LogP contribution in [0.15, 0.2) is 42.9 Å². The number of rotatable bonds is 1. The van der Waals surface area contributed by atoms with Crippen molar-refractivity contribution in [3.8, 4) is 11.5 Å². The molecule has 0 spiro atoms. The number of fused-ring (bicyclic) bond motifs is 2. The molecule has 0 radical (unpaired) electrons. The van der Waals surface area contributed by atoms with Crippen LogP contribution in [0.2, 0.25) is 0 Å². The number of aryl methyl sites for hydroxylation is 3. The van der Waals surface area contributed by atoms with E-state index in [0.29, 0.717) is 0 Å². The highest BCUT2D eigenvalue weighted by atomic mass is 15.2. The standard InChI is InChI=1S/C15H16N5/c1-17-11-6-4-5-7-12(11)18(2)14(17)13-10-20-9-8-16-15(20)19(13)3/h4-10H,1-3H3/q+1. The minimum absolute atomic E-state index is 0.949. The van der Waals surface area contributed by atoms with Gasteiger partial charge in [-0.3, -0.25) is 4.40 Å². The summed E-state index contributed by atoms with van der Waals surface area (Å²) >= 11 is 0. The third-order valence-corrected chi connectivity index (χ3v) is 4.04. The van der Waals surface area contributed by atoms with Crippen LogP contribution < -0.4 is 4.57 Å². The molecule has 1 aromatic carbocycles.